The number of carbonyl (C=O) groups excluding carboxylic acids is 1. The van der Waals surface area contributed by atoms with E-state index >= 15 is 0 Å². The van der Waals surface area contributed by atoms with Crippen molar-refractivity contribution < 1.29 is 13.6 Å². The van der Waals surface area contributed by atoms with E-state index in [4.69, 9.17) is 8.84 Å². The summed E-state index contributed by atoms with van der Waals surface area (Å²) in [4.78, 5) is 19.5. The molecule has 0 aliphatic heterocycles. The number of nitrogens with zero attached hydrogens (tertiary/aromatic N) is 2. The summed E-state index contributed by atoms with van der Waals surface area (Å²) in [6, 6.07) is 23.0. The largest absolute Gasteiger partial charge is 0.441 e. The minimum atomic E-state index is -2.62. The van der Waals surface area contributed by atoms with Crippen LogP contribution in [0.3, 0.4) is 0 Å². The van der Waals surface area contributed by atoms with Crippen LogP contribution < -0.4 is 10.4 Å². The molecule has 0 saturated carbocycles. The van der Waals surface area contributed by atoms with Crippen molar-refractivity contribution in [3.8, 4) is 0 Å². The van der Waals surface area contributed by atoms with Crippen LogP contribution in [0.15, 0.2) is 77.3 Å². The Morgan fingerprint density at radius 3 is 2.16 bits per heavy atom. The highest BCUT2D eigenvalue weighted by Crippen LogP contribution is 2.37. The average molecular weight is 445 g/mol. The molecule has 4 rings (SSSR count). The highest BCUT2D eigenvalue weighted by atomic mass is 28.4. The Morgan fingerprint density at radius 1 is 1.03 bits per heavy atom. The Morgan fingerprint density at radius 2 is 1.62 bits per heavy atom. The van der Waals surface area contributed by atoms with Crippen molar-refractivity contribution in [2.24, 2.45) is 0 Å². The first-order chi connectivity index (χ1) is 15.3. The van der Waals surface area contributed by atoms with E-state index in [9.17, 15) is 4.79 Å². The number of furan rings is 1. The molecule has 0 bridgehead atoms. The second kappa shape index (κ2) is 8.80. The van der Waals surface area contributed by atoms with Gasteiger partial charge in [-0.15, -0.1) is 0 Å². The highest BCUT2D eigenvalue weighted by Gasteiger charge is 2.50. The third-order valence-electron chi connectivity index (χ3n) is 5.85. The summed E-state index contributed by atoms with van der Waals surface area (Å²) in [6.07, 6.45) is 2.11. The van der Waals surface area contributed by atoms with Gasteiger partial charge >= 0.3 is 0 Å². The van der Waals surface area contributed by atoms with Crippen molar-refractivity contribution in [3.63, 3.8) is 0 Å². The monoisotopic (exact) mass is 444 g/mol. The summed E-state index contributed by atoms with van der Waals surface area (Å²) in [5, 5.41) is 2.40. The third kappa shape index (κ3) is 4.03. The van der Waals surface area contributed by atoms with Gasteiger partial charge in [0.1, 0.15) is 17.0 Å². The predicted molar refractivity (Wildman–Crippen MR) is 129 cm³/mol. The van der Waals surface area contributed by atoms with Crippen LogP contribution in [0.2, 0.25) is 5.04 Å². The van der Waals surface area contributed by atoms with Gasteiger partial charge in [-0.3, -0.25) is 4.79 Å². The van der Waals surface area contributed by atoms with Gasteiger partial charge in [0.25, 0.3) is 8.32 Å². The first-order valence-corrected chi connectivity index (χ1v) is 12.7. The van der Waals surface area contributed by atoms with Gasteiger partial charge in [-0.05, 0) is 15.4 Å². The van der Waals surface area contributed by atoms with Crippen LogP contribution in [-0.2, 0) is 4.43 Å². The lowest BCUT2D eigenvalue weighted by Crippen LogP contribution is -2.66. The molecule has 0 saturated heterocycles. The maximum atomic E-state index is 11.0. The Kier molecular flexibility index (Phi) is 6.08. The lowest BCUT2D eigenvalue weighted by Gasteiger charge is -2.43. The summed E-state index contributed by atoms with van der Waals surface area (Å²) in [5.74, 6) is 0.744. The highest BCUT2D eigenvalue weighted by molar-refractivity contribution is 6.99. The van der Waals surface area contributed by atoms with Gasteiger partial charge in [-0.2, -0.15) is 0 Å². The normalized spacial score (nSPS) is 13.2. The Balaban J connectivity index is 1.71. The van der Waals surface area contributed by atoms with Gasteiger partial charge in [0.2, 0.25) is 5.71 Å². The molecule has 1 unspecified atom stereocenters. The quantitative estimate of drug-likeness (QED) is 0.305. The number of hydrogen-bond donors (Lipinski definition) is 0. The average Bonchev–Trinajstić information content (AvgIpc) is 3.23. The molecule has 0 fully saturated rings. The number of hydrogen-bond acceptors (Lipinski definition) is 5. The van der Waals surface area contributed by atoms with Gasteiger partial charge < -0.3 is 8.84 Å². The minimum Gasteiger partial charge on any atom is -0.441 e. The first kappa shape index (κ1) is 22.1. The molecular formula is C26H28N2O3Si. The Labute approximate surface area is 189 Å². The smallest absolute Gasteiger partial charge is 0.261 e. The van der Waals surface area contributed by atoms with Crippen molar-refractivity contribution in [1.29, 1.82) is 0 Å². The lowest BCUT2D eigenvalue weighted by atomic mass is 10.1. The van der Waals surface area contributed by atoms with Crippen molar-refractivity contribution in [1.82, 2.24) is 9.97 Å². The summed E-state index contributed by atoms with van der Waals surface area (Å²) in [5.41, 5.74) is 1.31. The van der Waals surface area contributed by atoms with E-state index in [1.54, 1.807) is 0 Å². The Hall–Kier alpha value is -3.09. The molecule has 2 heterocycles. The van der Waals surface area contributed by atoms with Crippen molar-refractivity contribution in [3.05, 3.63) is 84.4 Å². The van der Waals surface area contributed by atoms with Gasteiger partial charge in [-0.25, -0.2) is 9.97 Å². The molecule has 0 aliphatic carbocycles. The molecule has 32 heavy (non-hydrogen) atoms. The minimum absolute atomic E-state index is 0.00710. The number of rotatable bonds is 7. The first-order valence-electron chi connectivity index (χ1n) is 10.8. The van der Waals surface area contributed by atoms with Crippen LogP contribution in [0.25, 0.3) is 11.2 Å². The number of aromatic nitrogens is 2. The van der Waals surface area contributed by atoms with E-state index in [2.05, 4.69) is 86.2 Å². The predicted octanol–water partition coefficient (Wildman–Crippen LogP) is 4.72. The summed E-state index contributed by atoms with van der Waals surface area (Å²) in [7, 11) is -2.62. The van der Waals surface area contributed by atoms with Gasteiger partial charge in [0.15, 0.2) is 6.29 Å². The van der Waals surface area contributed by atoms with Crippen LogP contribution in [0.1, 0.15) is 49.9 Å². The van der Waals surface area contributed by atoms with Crippen LogP contribution in [0, 0.1) is 0 Å². The molecule has 0 amide bonds. The topological polar surface area (TPSA) is 65.2 Å². The lowest BCUT2D eigenvalue weighted by molar-refractivity contribution is 0.111. The van der Waals surface area contributed by atoms with Crippen LogP contribution in [0.5, 0.6) is 0 Å². The molecule has 2 aromatic carbocycles. The fourth-order valence-corrected chi connectivity index (χ4v) is 8.90. The zero-order valence-electron chi connectivity index (χ0n) is 18.9. The standard InChI is InChI=1S/C26H28N2O3Si/c1-19(24-15-23-25(31-24)27-16-20(17-29)28-23)18-30-32(26(2,3)4,21-11-7-5-8-12-21)22-13-9-6-10-14-22/h5-17,19H,18H2,1-4H3. The summed E-state index contributed by atoms with van der Waals surface area (Å²) >= 11 is 0. The van der Waals surface area contributed by atoms with E-state index < -0.39 is 8.32 Å². The Bertz CT molecular complexity index is 1160. The fourth-order valence-electron chi connectivity index (χ4n) is 4.25. The molecular weight excluding hydrogens is 416 g/mol. The van der Waals surface area contributed by atoms with Crippen molar-refractivity contribution in [2.45, 2.75) is 38.7 Å². The maximum Gasteiger partial charge on any atom is 0.261 e. The van der Waals surface area contributed by atoms with Crippen LogP contribution in [0.4, 0.5) is 0 Å². The second-order valence-electron chi connectivity index (χ2n) is 9.13. The summed E-state index contributed by atoms with van der Waals surface area (Å²) in [6.45, 7) is 9.36. The SMILES string of the molecule is CC(CO[Si](c1ccccc1)(c1ccccc1)C(C)(C)C)c1cc2nc(C=O)cnc2o1. The molecule has 5 nitrogen and oxygen atoms in total. The number of benzene rings is 2. The van der Waals surface area contributed by atoms with E-state index in [1.165, 1.54) is 16.6 Å². The third-order valence-corrected chi connectivity index (χ3v) is 10.9. The van der Waals surface area contributed by atoms with E-state index in [1.807, 2.05) is 18.2 Å². The molecule has 0 spiro atoms. The molecule has 2 aromatic heterocycles. The molecule has 164 valence electrons. The van der Waals surface area contributed by atoms with Gasteiger partial charge in [0, 0.05) is 18.6 Å². The number of fused-ring (bicyclic) bond motifs is 1. The zero-order valence-corrected chi connectivity index (χ0v) is 19.9. The van der Waals surface area contributed by atoms with Crippen LogP contribution >= 0.6 is 0 Å². The maximum absolute atomic E-state index is 11.0. The molecule has 0 aliphatic rings. The summed E-state index contributed by atoms with van der Waals surface area (Å²) < 4.78 is 12.9. The molecule has 6 heteroatoms. The number of aldehydes is 1. The molecule has 0 radical (unpaired) electrons. The van der Waals surface area contributed by atoms with Gasteiger partial charge in [-0.1, -0.05) is 88.4 Å². The van der Waals surface area contributed by atoms with E-state index in [-0.39, 0.29) is 11.0 Å². The molecule has 1 atom stereocenters. The molecule has 0 N–H and O–H groups in total. The van der Waals surface area contributed by atoms with E-state index in [0.29, 0.717) is 29.8 Å². The zero-order chi connectivity index (χ0) is 22.8. The van der Waals surface area contributed by atoms with Crippen LogP contribution in [-0.4, -0.2) is 31.2 Å². The van der Waals surface area contributed by atoms with Crippen molar-refractivity contribution in [2.75, 3.05) is 6.61 Å². The van der Waals surface area contributed by atoms with Crippen molar-refractivity contribution >= 4 is 36.2 Å². The van der Waals surface area contributed by atoms with Gasteiger partial charge in [0.05, 0.1) is 6.20 Å². The fraction of sp³-hybridized carbons (Fsp3) is 0.269. The molecule has 4 aromatic rings. The second-order valence-corrected chi connectivity index (χ2v) is 13.4. The number of carbonyl (C=O) groups is 1. The van der Waals surface area contributed by atoms with E-state index in [0.717, 1.165) is 5.76 Å².